The Morgan fingerprint density at radius 2 is 2.05 bits per heavy atom. The molecule has 0 aromatic carbocycles. The van der Waals surface area contributed by atoms with Gasteiger partial charge in [-0.3, -0.25) is 9.59 Å². The highest BCUT2D eigenvalue weighted by Crippen LogP contribution is 2.15. The number of nitrogens with one attached hydrogen (secondary N) is 1. The summed E-state index contributed by atoms with van der Waals surface area (Å²) in [5.41, 5.74) is 11.1. The molecule has 0 aliphatic heterocycles. The summed E-state index contributed by atoms with van der Waals surface area (Å²) in [4.78, 5) is 34.9. The lowest BCUT2D eigenvalue weighted by Crippen LogP contribution is -2.29. The van der Waals surface area contributed by atoms with E-state index in [1.807, 2.05) is 0 Å². The Kier molecular flexibility index (Phi) is 3.15. The molecule has 8 heteroatoms. The Bertz CT molecular complexity index is 618. The lowest BCUT2D eigenvalue weighted by atomic mass is 10.2. The number of hydrogen-bond donors (Lipinski definition) is 3. The number of carbonyl (C=O) groups is 2. The predicted octanol–water partition coefficient (Wildman–Crippen LogP) is -0.238. The SMILES string of the molecule is CN(C(=O)c1nc[nH]c1C(N)=O)c1ccc(N)nc1. The number of imidazole rings is 1. The Morgan fingerprint density at radius 1 is 1.32 bits per heavy atom. The minimum absolute atomic E-state index is 0.0275. The molecule has 0 bridgehead atoms. The molecule has 0 spiro atoms. The van der Waals surface area contributed by atoms with Gasteiger partial charge in [-0.25, -0.2) is 9.97 Å². The standard InChI is InChI=1S/C11H12N6O2/c1-17(6-2-3-7(12)14-4-6)11(19)9-8(10(13)18)15-5-16-9/h2-5H,1H3,(H2,12,14)(H2,13,18)(H,15,16). The zero-order valence-corrected chi connectivity index (χ0v) is 10.1. The Labute approximate surface area is 108 Å². The molecule has 0 fully saturated rings. The van der Waals surface area contributed by atoms with Crippen LogP contribution >= 0.6 is 0 Å². The summed E-state index contributed by atoms with van der Waals surface area (Å²) in [6.07, 6.45) is 2.69. The number of carbonyl (C=O) groups excluding carboxylic acids is 2. The van der Waals surface area contributed by atoms with Crippen LogP contribution in [0.25, 0.3) is 0 Å². The molecule has 0 aliphatic carbocycles. The van der Waals surface area contributed by atoms with Gasteiger partial charge in [0.25, 0.3) is 11.8 Å². The maximum absolute atomic E-state index is 12.2. The Balaban J connectivity index is 2.31. The molecule has 2 heterocycles. The molecule has 0 saturated carbocycles. The van der Waals surface area contributed by atoms with Crippen molar-refractivity contribution in [2.75, 3.05) is 17.7 Å². The minimum Gasteiger partial charge on any atom is -0.384 e. The van der Waals surface area contributed by atoms with Gasteiger partial charge in [-0.15, -0.1) is 0 Å². The number of nitrogens with two attached hydrogens (primary N) is 2. The number of nitrogen functional groups attached to an aromatic ring is 1. The molecular formula is C11H12N6O2. The van der Waals surface area contributed by atoms with Crippen molar-refractivity contribution in [3.63, 3.8) is 0 Å². The van der Waals surface area contributed by atoms with Gasteiger partial charge in [-0.2, -0.15) is 0 Å². The second-order valence-electron chi connectivity index (χ2n) is 3.80. The summed E-state index contributed by atoms with van der Waals surface area (Å²) in [6, 6.07) is 3.20. The minimum atomic E-state index is -0.746. The van der Waals surface area contributed by atoms with Crippen molar-refractivity contribution in [1.29, 1.82) is 0 Å². The van der Waals surface area contributed by atoms with E-state index in [1.54, 1.807) is 12.1 Å². The molecular weight excluding hydrogens is 248 g/mol. The van der Waals surface area contributed by atoms with Gasteiger partial charge in [0.2, 0.25) is 0 Å². The highest BCUT2D eigenvalue weighted by molar-refractivity contribution is 6.10. The van der Waals surface area contributed by atoms with Gasteiger partial charge in [-0.05, 0) is 12.1 Å². The summed E-state index contributed by atoms with van der Waals surface area (Å²) < 4.78 is 0. The molecule has 0 saturated heterocycles. The van der Waals surface area contributed by atoms with Crippen LogP contribution in [0.1, 0.15) is 21.0 Å². The molecule has 98 valence electrons. The summed E-state index contributed by atoms with van der Waals surface area (Å²) in [5, 5.41) is 0. The van der Waals surface area contributed by atoms with Crippen molar-refractivity contribution in [2.24, 2.45) is 5.73 Å². The molecule has 0 radical (unpaired) electrons. The van der Waals surface area contributed by atoms with Crippen LogP contribution in [0.2, 0.25) is 0 Å². The van der Waals surface area contributed by atoms with Crippen molar-refractivity contribution >= 4 is 23.3 Å². The fraction of sp³-hybridized carbons (Fsp3) is 0.0909. The second kappa shape index (κ2) is 4.77. The fourth-order valence-electron chi connectivity index (χ4n) is 1.52. The van der Waals surface area contributed by atoms with Crippen LogP contribution in [0, 0.1) is 0 Å². The normalized spacial score (nSPS) is 10.2. The number of aromatic nitrogens is 3. The van der Waals surface area contributed by atoms with Crippen LogP contribution in [-0.4, -0.2) is 33.8 Å². The first-order chi connectivity index (χ1) is 9.00. The Hall–Kier alpha value is -2.90. The van der Waals surface area contributed by atoms with E-state index in [9.17, 15) is 9.59 Å². The van der Waals surface area contributed by atoms with Crippen molar-refractivity contribution in [3.05, 3.63) is 36.0 Å². The average molecular weight is 260 g/mol. The van der Waals surface area contributed by atoms with Gasteiger partial charge in [-0.1, -0.05) is 0 Å². The number of primary amides is 1. The van der Waals surface area contributed by atoms with Gasteiger partial charge < -0.3 is 21.4 Å². The van der Waals surface area contributed by atoms with Crippen LogP contribution in [0.5, 0.6) is 0 Å². The second-order valence-corrected chi connectivity index (χ2v) is 3.80. The molecule has 8 nitrogen and oxygen atoms in total. The topological polar surface area (TPSA) is 131 Å². The van der Waals surface area contributed by atoms with E-state index in [0.717, 1.165) is 0 Å². The van der Waals surface area contributed by atoms with Gasteiger partial charge in [0.15, 0.2) is 5.69 Å². The first kappa shape index (κ1) is 12.6. The largest absolute Gasteiger partial charge is 0.384 e. The highest BCUT2D eigenvalue weighted by Gasteiger charge is 2.22. The number of anilines is 2. The molecule has 2 amide bonds. The molecule has 0 aliphatic rings. The van der Waals surface area contributed by atoms with E-state index in [-0.39, 0.29) is 11.4 Å². The Morgan fingerprint density at radius 3 is 2.63 bits per heavy atom. The van der Waals surface area contributed by atoms with E-state index >= 15 is 0 Å². The van der Waals surface area contributed by atoms with Crippen LogP contribution in [0.4, 0.5) is 11.5 Å². The van der Waals surface area contributed by atoms with Gasteiger partial charge in [0.05, 0.1) is 18.2 Å². The molecule has 19 heavy (non-hydrogen) atoms. The van der Waals surface area contributed by atoms with Crippen molar-refractivity contribution < 1.29 is 9.59 Å². The van der Waals surface area contributed by atoms with E-state index in [2.05, 4.69) is 15.0 Å². The van der Waals surface area contributed by atoms with Gasteiger partial charge in [0.1, 0.15) is 11.5 Å². The predicted molar refractivity (Wildman–Crippen MR) is 68.5 cm³/mol. The number of pyridine rings is 1. The maximum atomic E-state index is 12.2. The fourth-order valence-corrected chi connectivity index (χ4v) is 1.52. The van der Waals surface area contributed by atoms with E-state index in [4.69, 9.17) is 11.5 Å². The van der Waals surface area contributed by atoms with Crippen LogP contribution in [-0.2, 0) is 0 Å². The third kappa shape index (κ3) is 2.37. The average Bonchev–Trinajstić information content (AvgIpc) is 2.87. The first-order valence-corrected chi connectivity index (χ1v) is 5.33. The third-order valence-corrected chi connectivity index (χ3v) is 2.55. The lowest BCUT2D eigenvalue weighted by Gasteiger charge is -2.16. The van der Waals surface area contributed by atoms with Crippen LogP contribution in [0.3, 0.4) is 0 Å². The number of nitrogens with zero attached hydrogens (tertiary/aromatic N) is 3. The number of amides is 2. The quantitative estimate of drug-likeness (QED) is 0.701. The van der Waals surface area contributed by atoms with E-state index < -0.39 is 11.8 Å². The zero-order valence-electron chi connectivity index (χ0n) is 10.1. The first-order valence-electron chi connectivity index (χ1n) is 5.33. The lowest BCUT2D eigenvalue weighted by molar-refractivity contribution is 0.0958. The van der Waals surface area contributed by atoms with Crippen LogP contribution < -0.4 is 16.4 Å². The molecule has 0 unspecified atom stereocenters. The van der Waals surface area contributed by atoms with Crippen molar-refractivity contribution in [2.45, 2.75) is 0 Å². The van der Waals surface area contributed by atoms with Crippen LogP contribution in [0.15, 0.2) is 24.7 Å². The maximum Gasteiger partial charge on any atom is 0.279 e. The highest BCUT2D eigenvalue weighted by atomic mass is 16.2. The smallest absolute Gasteiger partial charge is 0.279 e. The summed E-state index contributed by atoms with van der Waals surface area (Å²) in [5.74, 6) is -0.867. The number of rotatable bonds is 3. The number of H-pyrrole nitrogens is 1. The monoisotopic (exact) mass is 260 g/mol. The van der Waals surface area contributed by atoms with Gasteiger partial charge in [0, 0.05) is 7.05 Å². The molecule has 2 aromatic heterocycles. The number of hydrogen-bond acceptors (Lipinski definition) is 5. The number of aromatic amines is 1. The summed E-state index contributed by atoms with van der Waals surface area (Å²) in [6.45, 7) is 0. The third-order valence-electron chi connectivity index (χ3n) is 2.55. The van der Waals surface area contributed by atoms with Crippen molar-refractivity contribution in [3.8, 4) is 0 Å². The molecule has 2 rings (SSSR count). The van der Waals surface area contributed by atoms with Gasteiger partial charge >= 0.3 is 0 Å². The molecule has 0 atom stereocenters. The van der Waals surface area contributed by atoms with E-state index in [0.29, 0.717) is 11.5 Å². The summed E-state index contributed by atoms with van der Waals surface area (Å²) in [7, 11) is 1.54. The molecule has 2 aromatic rings. The van der Waals surface area contributed by atoms with Crippen molar-refractivity contribution in [1.82, 2.24) is 15.0 Å². The molecule has 5 N–H and O–H groups in total. The summed E-state index contributed by atoms with van der Waals surface area (Å²) >= 11 is 0. The zero-order chi connectivity index (χ0) is 14.0. The van der Waals surface area contributed by atoms with E-state index in [1.165, 1.54) is 24.5 Å².